The molecule has 1 saturated heterocycles. The summed E-state index contributed by atoms with van der Waals surface area (Å²) in [6.45, 7) is 5.85. The van der Waals surface area contributed by atoms with Crippen molar-refractivity contribution in [3.8, 4) is 0 Å². The second-order valence-corrected chi connectivity index (χ2v) is 8.87. The summed E-state index contributed by atoms with van der Waals surface area (Å²) < 4.78 is 5.76. The Labute approximate surface area is 173 Å². The van der Waals surface area contributed by atoms with E-state index in [1.54, 1.807) is 0 Å². The maximum absolute atomic E-state index is 6.33. The SMILES string of the molecule is C[C@@H]1CN(c2cccc3c2C[C@H](Cc2ccc4c(n2)C(N)CCC4)NC3)CCO1. The van der Waals surface area contributed by atoms with E-state index in [0.29, 0.717) is 12.1 Å². The number of hydrogen-bond donors (Lipinski definition) is 2. The Bertz CT molecular complexity index is 883. The molecule has 0 saturated carbocycles. The number of benzene rings is 1. The zero-order chi connectivity index (χ0) is 19.8. The Hall–Kier alpha value is -1.95. The number of anilines is 1. The van der Waals surface area contributed by atoms with Gasteiger partial charge in [0.2, 0.25) is 0 Å². The monoisotopic (exact) mass is 392 g/mol. The number of aromatic nitrogens is 1. The number of fused-ring (bicyclic) bond motifs is 2. The van der Waals surface area contributed by atoms with E-state index in [1.165, 1.54) is 34.5 Å². The second-order valence-electron chi connectivity index (χ2n) is 8.87. The molecule has 0 bridgehead atoms. The van der Waals surface area contributed by atoms with Crippen molar-refractivity contribution in [2.75, 3.05) is 24.6 Å². The number of nitrogens with two attached hydrogens (primary N) is 1. The average Bonchev–Trinajstić information content (AvgIpc) is 2.74. The highest BCUT2D eigenvalue weighted by Crippen LogP contribution is 2.31. The number of ether oxygens (including phenoxy) is 1. The predicted molar refractivity (Wildman–Crippen MR) is 116 cm³/mol. The third-order valence-electron chi connectivity index (χ3n) is 6.70. The molecule has 29 heavy (non-hydrogen) atoms. The van der Waals surface area contributed by atoms with E-state index in [2.05, 4.69) is 47.5 Å². The first kappa shape index (κ1) is 19.0. The number of pyridine rings is 1. The summed E-state index contributed by atoms with van der Waals surface area (Å²) in [7, 11) is 0. The zero-order valence-corrected chi connectivity index (χ0v) is 17.4. The highest BCUT2D eigenvalue weighted by Gasteiger charge is 2.26. The third-order valence-corrected chi connectivity index (χ3v) is 6.70. The predicted octanol–water partition coefficient (Wildman–Crippen LogP) is 2.90. The van der Waals surface area contributed by atoms with Crippen LogP contribution in [0.2, 0.25) is 0 Å². The lowest BCUT2D eigenvalue weighted by Gasteiger charge is -2.37. The second kappa shape index (κ2) is 8.05. The lowest BCUT2D eigenvalue weighted by atomic mass is 9.89. The molecule has 154 valence electrons. The Kier molecular flexibility index (Phi) is 5.29. The molecular formula is C24H32N4O. The number of nitrogens with zero attached hydrogens (tertiary/aromatic N) is 2. The van der Waals surface area contributed by atoms with Crippen LogP contribution in [-0.4, -0.2) is 36.8 Å². The van der Waals surface area contributed by atoms with Gasteiger partial charge < -0.3 is 20.7 Å². The molecule has 1 aromatic heterocycles. The van der Waals surface area contributed by atoms with Crippen LogP contribution >= 0.6 is 0 Å². The molecule has 3 atom stereocenters. The van der Waals surface area contributed by atoms with E-state index in [-0.39, 0.29) is 6.04 Å². The van der Waals surface area contributed by atoms with E-state index >= 15 is 0 Å². The molecule has 2 aromatic rings. The molecule has 1 aliphatic carbocycles. The van der Waals surface area contributed by atoms with E-state index in [4.69, 9.17) is 15.5 Å². The molecule has 1 fully saturated rings. The number of morpholine rings is 1. The molecule has 5 nitrogen and oxygen atoms in total. The maximum Gasteiger partial charge on any atom is 0.0722 e. The molecule has 3 N–H and O–H groups in total. The molecule has 0 radical (unpaired) electrons. The van der Waals surface area contributed by atoms with Gasteiger partial charge in [0.15, 0.2) is 0 Å². The van der Waals surface area contributed by atoms with E-state index in [9.17, 15) is 0 Å². The molecular weight excluding hydrogens is 360 g/mol. The first-order valence-corrected chi connectivity index (χ1v) is 11.1. The van der Waals surface area contributed by atoms with Crippen molar-refractivity contribution < 1.29 is 4.74 Å². The summed E-state index contributed by atoms with van der Waals surface area (Å²) in [5.41, 5.74) is 14.3. The van der Waals surface area contributed by atoms with Crippen molar-refractivity contribution in [2.24, 2.45) is 5.73 Å². The van der Waals surface area contributed by atoms with Crippen LogP contribution in [0, 0.1) is 0 Å². The van der Waals surface area contributed by atoms with Gasteiger partial charge in [-0.25, -0.2) is 0 Å². The molecule has 1 aromatic carbocycles. The minimum absolute atomic E-state index is 0.105. The van der Waals surface area contributed by atoms with Gasteiger partial charge in [-0.15, -0.1) is 0 Å². The van der Waals surface area contributed by atoms with Crippen LogP contribution in [0.15, 0.2) is 30.3 Å². The van der Waals surface area contributed by atoms with Gasteiger partial charge in [-0.05, 0) is 61.4 Å². The van der Waals surface area contributed by atoms with Gasteiger partial charge in [-0.2, -0.15) is 0 Å². The largest absolute Gasteiger partial charge is 0.375 e. The lowest BCUT2D eigenvalue weighted by Crippen LogP contribution is -2.43. The summed E-state index contributed by atoms with van der Waals surface area (Å²) >= 11 is 0. The van der Waals surface area contributed by atoms with Gasteiger partial charge >= 0.3 is 0 Å². The quantitative estimate of drug-likeness (QED) is 0.841. The molecule has 1 unspecified atom stereocenters. The van der Waals surface area contributed by atoms with Gasteiger partial charge in [0.25, 0.3) is 0 Å². The summed E-state index contributed by atoms with van der Waals surface area (Å²) in [5, 5.41) is 3.74. The normalized spacial score (nSPS) is 26.7. The number of rotatable bonds is 3. The van der Waals surface area contributed by atoms with Crippen LogP contribution in [0.4, 0.5) is 5.69 Å². The standard InChI is InChI=1S/C24H32N4O/c1-16-15-28(10-11-29-16)23-7-3-5-18-14-26-20(13-21(18)23)12-19-9-8-17-4-2-6-22(25)24(17)27-19/h3,5,7-9,16,20,22,26H,2,4,6,10-15,25H2,1H3/t16-,20+,22?/m1/s1. The lowest BCUT2D eigenvalue weighted by molar-refractivity contribution is 0.0531. The number of aryl methyl sites for hydroxylation is 1. The Balaban J connectivity index is 1.35. The average molecular weight is 393 g/mol. The van der Waals surface area contributed by atoms with Crippen molar-refractivity contribution in [1.29, 1.82) is 0 Å². The Morgan fingerprint density at radius 3 is 3.07 bits per heavy atom. The summed E-state index contributed by atoms with van der Waals surface area (Å²) in [6, 6.07) is 11.7. The molecule has 3 heterocycles. The van der Waals surface area contributed by atoms with Gasteiger partial charge in [0.1, 0.15) is 0 Å². The molecule has 0 amide bonds. The van der Waals surface area contributed by atoms with Crippen molar-refractivity contribution in [3.63, 3.8) is 0 Å². The van der Waals surface area contributed by atoms with Crippen LogP contribution in [0.25, 0.3) is 0 Å². The highest BCUT2D eigenvalue weighted by atomic mass is 16.5. The van der Waals surface area contributed by atoms with Crippen molar-refractivity contribution in [2.45, 2.75) is 63.8 Å². The van der Waals surface area contributed by atoms with Crippen LogP contribution < -0.4 is 16.0 Å². The van der Waals surface area contributed by atoms with Crippen molar-refractivity contribution >= 4 is 5.69 Å². The molecule has 5 heteroatoms. The summed E-state index contributed by atoms with van der Waals surface area (Å²) in [5.74, 6) is 0. The van der Waals surface area contributed by atoms with Gasteiger partial charge in [-0.1, -0.05) is 18.2 Å². The van der Waals surface area contributed by atoms with Crippen LogP contribution in [0.5, 0.6) is 0 Å². The van der Waals surface area contributed by atoms with Crippen molar-refractivity contribution in [3.05, 3.63) is 58.4 Å². The Morgan fingerprint density at radius 2 is 2.17 bits per heavy atom. The van der Waals surface area contributed by atoms with Crippen LogP contribution in [-0.2, 0) is 30.5 Å². The molecule has 2 aliphatic heterocycles. The summed E-state index contributed by atoms with van der Waals surface area (Å²) in [6.07, 6.45) is 5.64. The molecule has 5 rings (SSSR count). The fraction of sp³-hybridized carbons (Fsp3) is 0.542. The third kappa shape index (κ3) is 3.91. The number of hydrogen-bond acceptors (Lipinski definition) is 5. The topological polar surface area (TPSA) is 63.4 Å². The Morgan fingerprint density at radius 1 is 1.24 bits per heavy atom. The zero-order valence-electron chi connectivity index (χ0n) is 17.4. The van der Waals surface area contributed by atoms with Crippen LogP contribution in [0.3, 0.4) is 0 Å². The van der Waals surface area contributed by atoms with Gasteiger partial charge in [0.05, 0.1) is 18.4 Å². The fourth-order valence-electron chi connectivity index (χ4n) is 5.17. The van der Waals surface area contributed by atoms with Crippen molar-refractivity contribution in [1.82, 2.24) is 10.3 Å². The van der Waals surface area contributed by atoms with E-state index < -0.39 is 0 Å². The van der Waals surface area contributed by atoms with E-state index in [0.717, 1.165) is 57.6 Å². The highest BCUT2D eigenvalue weighted by molar-refractivity contribution is 5.58. The minimum Gasteiger partial charge on any atom is -0.375 e. The van der Waals surface area contributed by atoms with E-state index in [1.807, 2.05) is 0 Å². The summed E-state index contributed by atoms with van der Waals surface area (Å²) in [4.78, 5) is 7.48. The number of nitrogens with one attached hydrogen (secondary N) is 1. The fourth-order valence-corrected chi connectivity index (χ4v) is 5.17. The van der Waals surface area contributed by atoms with Crippen LogP contribution in [0.1, 0.15) is 53.9 Å². The molecule has 0 spiro atoms. The van der Waals surface area contributed by atoms with Gasteiger partial charge in [-0.3, -0.25) is 4.98 Å². The maximum atomic E-state index is 6.33. The molecule has 3 aliphatic rings. The van der Waals surface area contributed by atoms with Gasteiger partial charge in [0, 0.05) is 49.5 Å². The minimum atomic E-state index is 0.105. The smallest absolute Gasteiger partial charge is 0.0722 e. The first-order valence-electron chi connectivity index (χ1n) is 11.1. The first-order chi connectivity index (χ1) is 14.2.